The van der Waals surface area contributed by atoms with Crippen LogP contribution in [0.15, 0.2) is 79.1 Å². The van der Waals surface area contributed by atoms with Gasteiger partial charge in [0.1, 0.15) is 0 Å². The van der Waals surface area contributed by atoms with Gasteiger partial charge in [0.15, 0.2) is 0 Å². The van der Waals surface area contributed by atoms with Gasteiger partial charge in [-0.05, 0) is 42.5 Å². The number of hydrogen-bond acceptors (Lipinski definition) is 4. The van der Waals surface area contributed by atoms with Crippen LogP contribution in [0.4, 0.5) is 17.1 Å². The number of rotatable bonds is 6. The smallest absolute Gasteiger partial charge is 0.257 e. The van der Waals surface area contributed by atoms with Crippen LogP contribution in [0.25, 0.3) is 5.57 Å². The van der Waals surface area contributed by atoms with Crippen molar-refractivity contribution < 1.29 is 4.79 Å². The summed E-state index contributed by atoms with van der Waals surface area (Å²) in [6.07, 6.45) is 4.49. The molecule has 2 N–H and O–H groups in total. The first-order chi connectivity index (χ1) is 13.7. The summed E-state index contributed by atoms with van der Waals surface area (Å²) in [4.78, 5) is 18.7. The van der Waals surface area contributed by atoms with Gasteiger partial charge in [-0.1, -0.05) is 24.3 Å². The first-order valence-electron chi connectivity index (χ1n) is 9.29. The van der Waals surface area contributed by atoms with Crippen molar-refractivity contribution in [1.82, 2.24) is 4.98 Å². The van der Waals surface area contributed by atoms with Gasteiger partial charge in [0.2, 0.25) is 0 Å². The van der Waals surface area contributed by atoms with Crippen molar-refractivity contribution in [3.63, 3.8) is 0 Å². The molecule has 5 nitrogen and oxygen atoms in total. The summed E-state index contributed by atoms with van der Waals surface area (Å²) in [5.41, 5.74) is 5.59. The lowest BCUT2D eigenvalue weighted by molar-refractivity contribution is -0.110. The van der Waals surface area contributed by atoms with Crippen molar-refractivity contribution in [3.05, 3.63) is 90.4 Å². The molecule has 0 radical (unpaired) electrons. The van der Waals surface area contributed by atoms with E-state index in [9.17, 15) is 4.79 Å². The third-order valence-electron chi connectivity index (χ3n) is 4.83. The molecule has 0 unspecified atom stereocenters. The van der Waals surface area contributed by atoms with Crippen molar-refractivity contribution >= 4 is 28.5 Å². The number of anilines is 3. The Morgan fingerprint density at radius 1 is 1.04 bits per heavy atom. The van der Waals surface area contributed by atoms with Gasteiger partial charge in [-0.15, -0.1) is 0 Å². The van der Waals surface area contributed by atoms with Crippen molar-refractivity contribution in [2.24, 2.45) is 0 Å². The Bertz CT molecular complexity index is 997. The molecule has 3 aromatic rings. The molecule has 1 aliphatic rings. The van der Waals surface area contributed by atoms with Crippen LogP contribution in [0.2, 0.25) is 0 Å². The van der Waals surface area contributed by atoms with Gasteiger partial charge >= 0.3 is 0 Å². The Labute approximate surface area is 164 Å². The van der Waals surface area contributed by atoms with Crippen molar-refractivity contribution in [3.8, 4) is 0 Å². The third kappa shape index (κ3) is 3.88. The normalized spacial score (nSPS) is 13.9. The largest absolute Gasteiger partial charge is 0.374 e. The van der Waals surface area contributed by atoms with E-state index in [2.05, 4.69) is 39.7 Å². The summed E-state index contributed by atoms with van der Waals surface area (Å²) < 4.78 is 0. The minimum atomic E-state index is -0.0837. The van der Waals surface area contributed by atoms with Crippen LogP contribution in [0.5, 0.6) is 0 Å². The van der Waals surface area contributed by atoms with E-state index in [0.29, 0.717) is 5.57 Å². The number of benzene rings is 2. The Morgan fingerprint density at radius 3 is 2.61 bits per heavy atom. The summed E-state index contributed by atoms with van der Waals surface area (Å²) in [5.74, 6) is -0.0837. The molecule has 0 spiro atoms. The van der Waals surface area contributed by atoms with Gasteiger partial charge in [0, 0.05) is 60.7 Å². The zero-order chi connectivity index (χ0) is 19.3. The number of nitrogens with one attached hydrogen (secondary N) is 2. The quantitative estimate of drug-likeness (QED) is 0.640. The van der Waals surface area contributed by atoms with Gasteiger partial charge in [-0.2, -0.15) is 0 Å². The molecule has 0 atom stereocenters. The molecule has 0 aliphatic carbocycles. The summed E-state index contributed by atoms with van der Waals surface area (Å²) in [5, 5.41) is 6.11. The first kappa shape index (κ1) is 17.8. The van der Waals surface area contributed by atoms with E-state index < -0.39 is 0 Å². The molecule has 140 valence electrons. The predicted molar refractivity (Wildman–Crippen MR) is 114 cm³/mol. The number of amides is 1. The molecule has 28 heavy (non-hydrogen) atoms. The highest BCUT2D eigenvalue weighted by Crippen LogP contribution is 2.31. The van der Waals surface area contributed by atoms with Crippen molar-refractivity contribution in [2.45, 2.75) is 6.42 Å². The highest BCUT2D eigenvalue weighted by atomic mass is 16.2. The molecule has 5 heteroatoms. The summed E-state index contributed by atoms with van der Waals surface area (Å²) in [6, 6.07) is 21.9. The van der Waals surface area contributed by atoms with E-state index in [-0.39, 0.29) is 5.91 Å². The minimum Gasteiger partial charge on any atom is -0.374 e. The number of fused-ring (bicyclic) bond motifs is 1. The second-order valence-corrected chi connectivity index (χ2v) is 6.74. The summed E-state index contributed by atoms with van der Waals surface area (Å²) >= 11 is 0. The van der Waals surface area contributed by atoms with Crippen LogP contribution in [0.3, 0.4) is 0 Å². The van der Waals surface area contributed by atoms with E-state index in [1.54, 1.807) is 6.20 Å². The maximum Gasteiger partial charge on any atom is 0.257 e. The molecule has 0 fully saturated rings. The van der Waals surface area contributed by atoms with Gasteiger partial charge in [-0.3, -0.25) is 9.78 Å². The lowest BCUT2D eigenvalue weighted by atomic mass is 10.1. The second kappa shape index (κ2) is 7.96. The number of aromatic nitrogens is 1. The fourth-order valence-electron chi connectivity index (χ4n) is 3.21. The van der Waals surface area contributed by atoms with Crippen LogP contribution >= 0.6 is 0 Å². The topological polar surface area (TPSA) is 57.3 Å². The van der Waals surface area contributed by atoms with E-state index in [0.717, 1.165) is 41.3 Å². The first-order valence-corrected chi connectivity index (χ1v) is 9.29. The van der Waals surface area contributed by atoms with E-state index in [4.69, 9.17) is 0 Å². The molecule has 0 saturated heterocycles. The molecule has 1 aliphatic heterocycles. The Hall–Kier alpha value is -3.60. The Kier molecular flexibility index (Phi) is 5.06. The zero-order valence-electron chi connectivity index (χ0n) is 15.7. The van der Waals surface area contributed by atoms with E-state index in [1.807, 2.05) is 60.8 Å². The highest BCUT2D eigenvalue weighted by Gasteiger charge is 2.23. The molecule has 1 amide bonds. The lowest BCUT2D eigenvalue weighted by Gasteiger charge is -2.19. The monoisotopic (exact) mass is 370 g/mol. The molecule has 2 aromatic carbocycles. The van der Waals surface area contributed by atoms with Crippen molar-refractivity contribution in [2.75, 3.05) is 29.1 Å². The average molecular weight is 370 g/mol. The maximum absolute atomic E-state index is 12.2. The van der Waals surface area contributed by atoms with Gasteiger partial charge < -0.3 is 15.5 Å². The number of carbonyl (C=O) groups is 1. The third-order valence-corrected chi connectivity index (χ3v) is 4.83. The lowest BCUT2D eigenvalue weighted by Crippen LogP contribution is -2.20. The number of nitrogens with zero attached hydrogens (tertiary/aromatic N) is 2. The fourth-order valence-corrected chi connectivity index (χ4v) is 3.21. The number of pyridine rings is 1. The van der Waals surface area contributed by atoms with E-state index in [1.165, 1.54) is 0 Å². The molecule has 2 heterocycles. The van der Waals surface area contributed by atoms with Gasteiger partial charge in [0.25, 0.3) is 5.91 Å². The maximum atomic E-state index is 12.2. The van der Waals surface area contributed by atoms with Crippen LogP contribution in [-0.4, -0.2) is 24.5 Å². The van der Waals surface area contributed by atoms with Crippen LogP contribution < -0.4 is 15.5 Å². The van der Waals surface area contributed by atoms with Gasteiger partial charge in [0.05, 0.1) is 5.57 Å². The molecular formula is C23H22N4O. The van der Waals surface area contributed by atoms with Crippen LogP contribution in [-0.2, 0) is 11.2 Å². The number of para-hydroxylation sites is 1. The van der Waals surface area contributed by atoms with Crippen LogP contribution in [0, 0.1) is 0 Å². The number of hydrogen-bond donors (Lipinski definition) is 2. The van der Waals surface area contributed by atoms with Crippen LogP contribution in [0.1, 0.15) is 11.3 Å². The SMILES string of the molecule is CN(CCc1ccccn1)c1ccc(N/C=C2\C(=O)Nc3ccccc32)cc1. The summed E-state index contributed by atoms with van der Waals surface area (Å²) in [6.45, 7) is 0.894. The standard InChI is InChI=1S/C23H22N4O/c1-27(15-13-17-6-4-5-14-24-17)19-11-9-18(10-12-19)25-16-21-20-7-2-3-8-22(20)26-23(21)28/h2-12,14,16,25H,13,15H2,1H3,(H,26,28)/b21-16-. The zero-order valence-corrected chi connectivity index (χ0v) is 15.7. The number of likely N-dealkylation sites (N-methyl/N-ethyl adjacent to an activating group) is 1. The number of carbonyl (C=O) groups excluding carboxylic acids is 1. The molecule has 1 aromatic heterocycles. The molecule has 0 saturated carbocycles. The predicted octanol–water partition coefficient (Wildman–Crippen LogP) is 4.17. The fraction of sp³-hybridized carbons (Fsp3) is 0.130. The molecule has 0 bridgehead atoms. The second-order valence-electron chi connectivity index (χ2n) is 6.74. The van der Waals surface area contributed by atoms with E-state index >= 15 is 0 Å². The molecular weight excluding hydrogens is 348 g/mol. The molecule has 4 rings (SSSR count). The minimum absolute atomic E-state index is 0.0837. The highest BCUT2D eigenvalue weighted by molar-refractivity contribution is 6.31. The summed E-state index contributed by atoms with van der Waals surface area (Å²) in [7, 11) is 2.08. The Morgan fingerprint density at radius 2 is 1.82 bits per heavy atom. The van der Waals surface area contributed by atoms with Crippen molar-refractivity contribution in [1.29, 1.82) is 0 Å². The Balaban J connectivity index is 1.39. The van der Waals surface area contributed by atoms with Gasteiger partial charge in [-0.25, -0.2) is 0 Å². The average Bonchev–Trinajstić information content (AvgIpc) is 3.06.